The number of benzene rings is 1. The van der Waals surface area contributed by atoms with Crippen LogP contribution >= 0.6 is 0 Å². The zero-order valence-corrected chi connectivity index (χ0v) is 13.3. The molecule has 4 heteroatoms. The molecule has 2 aromatic rings. The number of nitrogens with zero attached hydrogens (tertiary/aromatic N) is 1. The topological polar surface area (TPSA) is 54.6 Å². The Morgan fingerprint density at radius 1 is 1.10 bits per heavy atom. The van der Waals surface area contributed by atoms with Crippen LogP contribution in [-0.2, 0) is 19.9 Å². The van der Waals surface area contributed by atoms with Crippen molar-refractivity contribution in [2.75, 3.05) is 7.11 Å². The molecule has 0 bridgehead atoms. The summed E-state index contributed by atoms with van der Waals surface area (Å²) in [4.78, 5) is 0. The molecule has 0 radical (unpaired) electrons. The first-order valence-electron chi connectivity index (χ1n) is 7.23. The van der Waals surface area contributed by atoms with Crippen molar-refractivity contribution in [1.29, 1.82) is 0 Å². The molecule has 4 nitrogen and oxygen atoms in total. The number of aromatic hydroxyl groups is 2. The van der Waals surface area contributed by atoms with Gasteiger partial charge >= 0.3 is 0 Å². The number of aryl methyl sites for hydroxylation is 2. The van der Waals surface area contributed by atoms with Crippen molar-refractivity contribution >= 4 is 0 Å². The fourth-order valence-electron chi connectivity index (χ4n) is 2.89. The molecule has 1 aromatic carbocycles. The van der Waals surface area contributed by atoms with Crippen LogP contribution in [0.3, 0.4) is 0 Å². The van der Waals surface area contributed by atoms with E-state index in [2.05, 4.69) is 13.0 Å². The number of rotatable bonds is 4. The molecule has 0 atom stereocenters. The highest BCUT2D eigenvalue weighted by Gasteiger charge is 2.25. The Kier molecular flexibility index (Phi) is 4.16. The lowest BCUT2D eigenvalue weighted by atomic mass is 9.95. The summed E-state index contributed by atoms with van der Waals surface area (Å²) >= 11 is 0. The quantitative estimate of drug-likeness (QED) is 0.905. The fourth-order valence-corrected chi connectivity index (χ4v) is 2.89. The molecule has 0 saturated heterocycles. The van der Waals surface area contributed by atoms with E-state index in [9.17, 15) is 10.2 Å². The van der Waals surface area contributed by atoms with Gasteiger partial charge in [-0.2, -0.15) is 0 Å². The molecule has 0 fully saturated rings. The Morgan fingerprint density at radius 2 is 1.76 bits per heavy atom. The van der Waals surface area contributed by atoms with Gasteiger partial charge in [0.25, 0.3) is 0 Å². The Labute approximate surface area is 125 Å². The second-order valence-corrected chi connectivity index (χ2v) is 5.26. The minimum absolute atomic E-state index is 0.0706. The Balaban J connectivity index is 2.84. The van der Waals surface area contributed by atoms with Crippen molar-refractivity contribution in [3.05, 3.63) is 29.0 Å². The lowest BCUT2D eigenvalue weighted by Gasteiger charge is -2.14. The van der Waals surface area contributed by atoms with Gasteiger partial charge in [-0.05, 0) is 37.0 Å². The molecular weight excluding hydrogens is 266 g/mol. The maximum absolute atomic E-state index is 10.5. The summed E-state index contributed by atoms with van der Waals surface area (Å²) < 4.78 is 7.11. The van der Waals surface area contributed by atoms with E-state index >= 15 is 0 Å². The first-order valence-corrected chi connectivity index (χ1v) is 7.23. The van der Waals surface area contributed by atoms with Gasteiger partial charge < -0.3 is 19.5 Å². The van der Waals surface area contributed by atoms with Gasteiger partial charge in [-0.3, -0.25) is 0 Å². The number of hydrogen-bond acceptors (Lipinski definition) is 3. The first-order chi connectivity index (χ1) is 9.96. The molecule has 21 heavy (non-hydrogen) atoms. The molecule has 1 aromatic heterocycles. The molecule has 0 saturated carbocycles. The summed E-state index contributed by atoms with van der Waals surface area (Å²) in [6, 6.07) is 3.99. The molecule has 0 unspecified atom stereocenters. The minimum Gasteiger partial charge on any atom is -0.505 e. The maximum Gasteiger partial charge on any atom is 0.203 e. The van der Waals surface area contributed by atoms with Crippen LogP contribution in [0.4, 0.5) is 0 Å². The molecule has 114 valence electrons. The van der Waals surface area contributed by atoms with Crippen LogP contribution in [0.2, 0.25) is 0 Å². The van der Waals surface area contributed by atoms with Crippen LogP contribution in [-0.4, -0.2) is 21.9 Å². The van der Waals surface area contributed by atoms with Crippen LogP contribution in [0.25, 0.3) is 11.1 Å². The molecule has 0 spiro atoms. The molecular formula is C17H23NO3. The SMILES string of the molecule is CCc1cc(C)cc(OC)c1-c1c(O)c(CC)n(C)c1O. The van der Waals surface area contributed by atoms with Gasteiger partial charge in [-0.25, -0.2) is 0 Å². The average Bonchev–Trinajstić information content (AvgIpc) is 2.68. The monoisotopic (exact) mass is 289 g/mol. The van der Waals surface area contributed by atoms with Crippen molar-refractivity contribution in [1.82, 2.24) is 4.57 Å². The lowest BCUT2D eigenvalue weighted by Crippen LogP contribution is -1.95. The normalized spacial score (nSPS) is 10.9. The standard InChI is InChI=1S/C17H23NO3/c1-6-11-8-10(3)9-13(21-5)14(11)15-16(19)12(7-2)18(4)17(15)20/h8-9,19-20H,6-7H2,1-5H3. The highest BCUT2D eigenvalue weighted by Crippen LogP contribution is 2.47. The van der Waals surface area contributed by atoms with E-state index in [0.717, 1.165) is 23.1 Å². The number of aromatic nitrogens is 1. The van der Waals surface area contributed by atoms with Crippen LogP contribution in [0, 0.1) is 6.92 Å². The molecule has 2 rings (SSSR count). The van der Waals surface area contributed by atoms with E-state index in [-0.39, 0.29) is 11.6 Å². The summed E-state index contributed by atoms with van der Waals surface area (Å²) in [5.41, 5.74) is 4.09. The maximum atomic E-state index is 10.5. The summed E-state index contributed by atoms with van der Waals surface area (Å²) in [7, 11) is 3.36. The second-order valence-electron chi connectivity index (χ2n) is 5.26. The molecule has 2 N–H and O–H groups in total. The van der Waals surface area contributed by atoms with Gasteiger partial charge in [-0.1, -0.05) is 19.9 Å². The lowest BCUT2D eigenvalue weighted by molar-refractivity contribution is 0.412. The molecule has 0 aliphatic heterocycles. The van der Waals surface area contributed by atoms with E-state index < -0.39 is 0 Å². The van der Waals surface area contributed by atoms with Crippen LogP contribution in [0.1, 0.15) is 30.7 Å². The van der Waals surface area contributed by atoms with E-state index in [1.165, 1.54) is 0 Å². The van der Waals surface area contributed by atoms with Gasteiger partial charge in [0, 0.05) is 12.6 Å². The van der Waals surface area contributed by atoms with Gasteiger partial charge in [0.1, 0.15) is 11.5 Å². The zero-order valence-electron chi connectivity index (χ0n) is 13.3. The third kappa shape index (κ3) is 2.35. The smallest absolute Gasteiger partial charge is 0.203 e. The third-order valence-electron chi connectivity index (χ3n) is 3.97. The molecule has 0 aliphatic carbocycles. The van der Waals surface area contributed by atoms with Crippen molar-refractivity contribution < 1.29 is 14.9 Å². The predicted molar refractivity (Wildman–Crippen MR) is 84.2 cm³/mol. The summed E-state index contributed by atoms with van der Waals surface area (Å²) in [6.07, 6.45) is 1.44. The van der Waals surface area contributed by atoms with E-state index in [1.54, 1.807) is 18.7 Å². The average molecular weight is 289 g/mol. The van der Waals surface area contributed by atoms with Crippen molar-refractivity contribution in [3.8, 4) is 28.5 Å². The van der Waals surface area contributed by atoms with Crippen LogP contribution in [0.5, 0.6) is 17.4 Å². The Morgan fingerprint density at radius 3 is 2.24 bits per heavy atom. The zero-order chi connectivity index (χ0) is 15.7. The van der Waals surface area contributed by atoms with Crippen molar-refractivity contribution in [3.63, 3.8) is 0 Å². The first kappa shape index (κ1) is 15.3. The number of hydrogen-bond donors (Lipinski definition) is 2. The molecule has 0 amide bonds. The largest absolute Gasteiger partial charge is 0.505 e. The van der Waals surface area contributed by atoms with E-state index in [0.29, 0.717) is 23.4 Å². The summed E-state index contributed by atoms with van der Waals surface area (Å²) in [6.45, 7) is 6.01. The minimum atomic E-state index is 0.0706. The molecule has 0 aliphatic rings. The van der Waals surface area contributed by atoms with Crippen LogP contribution in [0.15, 0.2) is 12.1 Å². The summed E-state index contributed by atoms with van der Waals surface area (Å²) in [5.74, 6) is 0.876. The predicted octanol–water partition coefficient (Wildman–Crippen LogP) is 3.55. The van der Waals surface area contributed by atoms with Gasteiger partial charge in [-0.15, -0.1) is 0 Å². The van der Waals surface area contributed by atoms with Crippen LogP contribution < -0.4 is 4.74 Å². The van der Waals surface area contributed by atoms with Crippen molar-refractivity contribution in [2.45, 2.75) is 33.6 Å². The van der Waals surface area contributed by atoms with E-state index in [4.69, 9.17) is 4.74 Å². The number of methoxy groups -OCH3 is 1. The second kappa shape index (κ2) is 5.72. The summed E-state index contributed by atoms with van der Waals surface area (Å²) in [5, 5.41) is 21.0. The van der Waals surface area contributed by atoms with Gasteiger partial charge in [0.05, 0.1) is 18.4 Å². The van der Waals surface area contributed by atoms with E-state index in [1.807, 2.05) is 19.9 Å². The number of ether oxygens (including phenoxy) is 1. The van der Waals surface area contributed by atoms with Gasteiger partial charge in [0.15, 0.2) is 0 Å². The fraction of sp³-hybridized carbons (Fsp3) is 0.412. The third-order valence-corrected chi connectivity index (χ3v) is 3.97. The highest BCUT2D eigenvalue weighted by molar-refractivity contribution is 5.84. The van der Waals surface area contributed by atoms with Crippen molar-refractivity contribution in [2.24, 2.45) is 7.05 Å². The Hall–Kier alpha value is -2.10. The Bertz CT molecular complexity index is 646. The van der Waals surface area contributed by atoms with Gasteiger partial charge in [0.2, 0.25) is 5.88 Å². The highest BCUT2D eigenvalue weighted by atomic mass is 16.5. The molecule has 1 heterocycles.